The topological polar surface area (TPSA) is 77.0 Å². The first-order valence-corrected chi connectivity index (χ1v) is 9.00. The third-order valence-electron chi connectivity index (χ3n) is 3.89. The van der Waals surface area contributed by atoms with Crippen molar-refractivity contribution in [2.24, 2.45) is 4.99 Å². The summed E-state index contributed by atoms with van der Waals surface area (Å²) < 4.78 is 16.5. The molecule has 27 heavy (non-hydrogen) atoms. The molecule has 0 aliphatic carbocycles. The molecule has 0 saturated heterocycles. The molecule has 146 valence electrons. The highest BCUT2D eigenvalue weighted by molar-refractivity contribution is 5.79. The Balaban J connectivity index is 1.98. The van der Waals surface area contributed by atoms with Crippen molar-refractivity contribution >= 4 is 5.96 Å². The molecule has 0 radical (unpaired) electrons. The zero-order chi connectivity index (χ0) is 19.5. The summed E-state index contributed by atoms with van der Waals surface area (Å²) in [5.74, 6) is 2.92. The van der Waals surface area contributed by atoms with Gasteiger partial charge in [-0.3, -0.25) is 4.99 Å². The highest BCUT2D eigenvalue weighted by Gasteiger charge is 2.13. The van der Waals surface area contributed by atoms with E-state index in [1.165, 1.54) is 0 Å². The standard InChI is InChI=1S/C20H28N4O3/c1-5-6-12-22-20(21-2)24-14-15-10-11-18(23-13-15)27-19-16(25-3)8-7-9-17(19)26-4/h7-11,13H,5-6,12,14H2,1-4H3,(H2,21,22,24). The van der Waals surface area contributed by atoms with E-state index in [1.54, 1.807) is 27.5 Å². The Morgan fingerprint density at radius 1 is 1.07 bits per heavy atom. The lowest BCUT2D eigenvalue weighted by molar-refractivity contribution is 0.342. The predicted octanol–water partition coefficient (Wildman–Crippen LogP) is 3.36. The van der Waals surface area contributed by atoms with E-state index in [-0.39, 0.29) is 0 Å². The molecule has 1 heterocycles. The van der Waals surface area contributed by atoms with E-state index in [4.69, 9.17) is 14.2 Å². The minimum Gasteiger partial charge on any atom is -0.493 e. The maximum Gasteiger partial charge on any atom is 0.219 e. The van der Waals surface area contributed by atoms with Crippen LogP contribution in [0, 0.1) is 0 Å². The van der Waals surface area contributed by atoms with Gasteiger partial charge in [0.1, 0.15) is 0 Å². The minimum atomic E-state index is 0.465. The van der Waals surface area contributed by atoms with Crippen molar-refractivity contribution in [1.29, 1.82) is 0 Å². The van der Waals surface area contributed by atoms with Crippen molar-refractivity contribution in [3.8, 4) is 23.1 Å². The third kappa shape index (κ3) is 6.06. The maximum atomic E-state index is 5.87. The summed E-state index contributed by atoms with van der Waals surface area (Å²) in [4.78, 5) is 8.58. The summed E-state index contributed by atoms with van der Waals surface area (Å²) in [7, 11) is 4.94. The number of rotatable bonds is 9. The Hall–Kier alpha value is -2.96. The first kappa shape index (κ1) is 20.4. The summed E-state index contributed by atoms with van der Waals surface area (Å²) in [5, 5.41) is 6.54. The lowest BCUT2D eigenvalue weighted by atomic mass is 10.3. The summed E-state index contributed by atoms with van der Waals surface area (Å²) in [6.07, 6.45) is 4.02. The van der Waals surface area contributed by atoms with Gasteiger partial charge in [0.15, 0.2) is 17.5 Å². The number of pyridine rings is 1. The largest absolute Gasteiger partial charge is 0.493 e. The molecule has 2 N–H and O–H groups in total. The van der Waals surface area contributed by atoms with Crippen LogP contribution in [-0.2, 0) is 6.54 Å². The summed E-state index contributed by atoms with van der Waals surface area (Å²) in [5.41, 5.74) is 1.02. The number of guanidine groups is 1. The molecule has 0 bridgehead atoms. The molecule has 2 rings (SSSR count). The highest BCUT2D eigenvalue weighted by Crippen LogP contribution is 2.39. The second kappa shape index (κ2) is 10.9. The van der Waals surface area contributed by atoms with E-state index < -0.39 is 0 Å². The molecule has 0 fully saturated rings. The number of ether oxygens (including phenoxy) is 3. The molecule has 1 aromatic heterocycles. The quantitative estimate of drug-likeness (QED) is 0.399. The molecule has 0 amide bonds. The molecule has 0 saturated carbocycles. The van der Waals surface area contributed by atoms with Crippen molar-refractivity contribution in [2.75, 3.05) is 27.8 Å². The fraction of sp³-hybridized carbons (Fsp3) is 0.400. The number of benzene rings is 1. The first-order valence-electron chi connectivity index (χ1n) is 9.00. The van der Waals surface area contributed by atoms with Crippen LogP contribution in [0.4, 0.5) is 0 Å². The monoisotopic (exact) mass is 372 g/mol. The van der Waals surface area contributed by atoms with Crippen LogP contribution in [0.1, 0.15) is 25.3 Å². The van der Waals surface area contributed by atoms with E-state index in [2.05, 4.69) is 27.5 Å². The average molecular weight is 372 g/mol. The van der Waals surface area contributed by atoms with Crippen LogP contribution in [0.5, 0.6) is 23.1 Å². The Labute approximate surface area is 160 Å². The van der Waals surface area contributed by atoms with Gasteiger partial charge < -0.3 is 24.8 Å². The lowest BCUT2D eigenvalue weighted by Gasteiger charge is -2.14. The van der Waals surface area contributed by atoms with Gasteiger partial charge >= 0.3 is 0 Å². The number of unbranched alkanes of at least 4 members (excludes halogenated alkanes) is 1. The molecule has 0 aliphatic heterocycles. The van der Waals surface area contributed by atoms with Gasteiger partial charge in [-0.2, -0.15) is 0 Å². The van der Waals surface area contributed by atoms with E-state index in [9.17, 15) is 0 Å². The highest BCUT2D eigenvalue weighted by atomic mass is 16.5. The van der Waals surface area contributed by atoms with E-state index >= 15 is 0 Å². The number of nitrogens with zero attached hydrogens (tertiary/aromatic N) is 2. The fourth-order valence-electron chi connectivity index (χ4n) is 2.39. The van der Waals surface area contributed by atoms with Gasteiger partial charge in [0, 0.05) is 32.4 Å². The van der Waals surface area contributed by atoms with E-state index in [0.29, 0.717) is 29.7 Å². The summed E-state index contributed by atoms with van der Waals surface area (Å²) >= 11 is 0. The number of nitrogens with one attached hydrogen (secondary N) is 2. The van der Waals surface area contributed by atoms with Crippen molar-refractivity contribution < 1.29 is 14.2 Å². The van der Waals surface area contributed by atoms with Gasteiger partial charge in [-0.1, -0.05) is 25.5 Å². The maximum absolute atomic E-state index is 5.87. The SMILES string of the molecule is CCCCNC(=NC)NCc1ccc(Oc2c(OC)cccc2OC)nc1. The number of methoxy groups -OCH3 is 2. The molecule has 1 aromatic carbocycles. The van der Waals surface area contributed by atoms with Crippen LogP contribution in [0.15, 0.2) is 41.5 Å². The second-order valence-electron chi connectivity index (χ2n) is 5.80. The third-order valence-corrected chi connectivity index (χ3v) is 3.89. The van der Waals surface area contributed by atoms with Crippen molar-refractivity contribution in [3.05, 3.63) is 42.1 Å². The van der Waals surface area contributed by atoms with Gasteiger partial charge in [0.05, 0.1) is 14.2 Å². The van der Waals surface area contributed by atoms with Gasteiger partial charge in [0.2, 0.25) is 11.6 Å². The zero-order valence-corrected chi connectivity index (χ0v) is 16.4. The predicted molar refractivity (Wildman–Crippen MR) is 107 cm³/mol. The molecule has 2 aromatic rings. The molecule has 0 unspecified atom stereocenters. The molecule has 0 atom stereocenters. The Bertz CT molecular complexity index is 710. The number of para-hydroxylation sites is 1. The summed E-state index contributed by atoms with van der Waals surface area (Å²) in [6.45, 7) is 3.69. The van der Waals surface area contributed by atoms with Crippen molar-refractivity contribution in [1.82, 2.24) is 15.6 Å². The minimum absolute atomic E-state index is 0.465. The van der Waals surface area contributed by atoms with Crippen molar-refractivity contribution in [2.45, 2.75) is 26.3 Å². The van der Waals surface area contributed by atoms with Crippen LogP contribution in [0.25, 0.3) is 0 Å². The molecular formula is C20H28N4O3. The molecule has 0 aliphatic rings. The Morgan fingerprint density at radius 3 is 2.37 bits per heavy atom. The number of aromatic nitrogens is 1. The molecular weight excluding hydrogens is 344 g/mol. The normalized spacial score (nSPS) is 11.0. The van der Waals surface area contributed by atoms with Gasteiger partial charge in [-0.05, 0) is 24.1 Å². The van der Waals surface area contributed by atoms with Gasteiger partial charge in [-0.15, -0.1) is 0 Å². The average Bonchev–Trinajstić information content (AvgIpc) is 2.71. The van der Waals surface area contributed by atoms with Crippen LogP contribution in [0.2, 0.25) is 0 Å². The lowest BCUT2D eigenvalue weighted by Crippen LogP contribution is -2.37. The van der Waals surface area contributed by atoms with Gasteiger partial charge in [0.25, 0.3) is 0 Å². The smallest absolute Gasteiger partial charge is 0.219 e. The van der Waals surface area contributed by atoms with Crippen LogP contribution in [-0.4, -0.2) is 38.8 Å². The van der Waals surface area contributed by atoms with E-state index in [1.807, 2.05) is 30.3 Å². The fourth-order valence-corrected chi connectivity index (χ4v) is 2.39. The Morgan fingerprint density at radius 2 is 1.81 bits per heavy atom. The molecule has 0 spiro atoms. The first-order chi connectivity index (χ1) is 13.2. The van der Waals surface area contributed by atoms with E-state index in [0.717, 1.165) is 30.9 Å². The summed E-state index contributed by atoms with van der Waals surface area (Å²) in [6, 6.07) is 9.24. The molecule has 7 nitrogen and oxygen atoms in total. The Kier molecular flexibility index (Phi) is 8.22. The number of hydrogen-bond acceptors (Lipinski definition) is 5. The second-order valence-corrected chi connectivity index (χ2v) is 5.80. The number of aliphatic imine (C=N–C) groups is 1. The number of hydrogen-bond donors (Lipinski definition) is 2. The van der Waals surface area contributed by atoms with Gasteiger partial charge in [-0.25, -0.2) is 4.98 Å². The van der Waals surface area contributed by atoms with Crippen LogP contribution >= 0.6 is 0 Å². The van der Waals surface area contributed by atoms with Crippen LogP contribution < -0.4 is 24.8 Å². The van der Waals surface area contributed by atoms with Crippen LogP contribution in [0.3, 0.4) is 0 Å². The molecule has 7 heteroatoms. The van der Waals surface area contributed by atoms with Crippen molar-refractivity contribution in [3.63, 3.8) is 0 Å². The zero-order valence-electron chi connectivity index (χ0n) is 16.4.